The normalized spacial score (nSPS) is 13.3. The second-order valence-corrected chi connectivity index (χ2v) is 21.9. The zero-order valence-electron chi connectivity index (χ0n) is 27.6. The van der Waals surface area contributed by atoms with Crippen LogP contribution in [0.4, 0.5) is 0 Å². The molecule has 0 aliphatic heterocycles. The van der Waals surface area contributed by atoms with E-state index < -0.39 is 21.3 Å². The van der Waals surface area contributed by atoms with Crippen molar-refractivity contribution in [2.24, 2.45) is 0 Å². The first-order valence-electron chi connectivity index (χ1n) is 15.8. The van der Waals surface area contributed by atoms with Crippen LogP contribution in [-0.4, -0.2) is 3.21 Å². The van der Waals surface area contributed by atoms with Crippen molar-refractivity contribution in [2.45, 2.75) is 78.1 Å². The number of fused-ring (bicyclic) bond motifs is 3. The average molecular weight is 770 g/mol. The van der Waals surface area contributed by atoms with E-state index in [4.69, 9.17) is 23.2 Å². The largest absolute Gasteiger partial charge is 0.147 e. The molecular weight excluding hydrogens is 725 g/mol. The van der Waals surface area contributed by atoms with Crippen molar-refractivity contribution in [3.05, 3.63) is 144 Å². The molecule has 4 aromatic rings. The van der Waals surface area contributed by atoms with Crippen molar-refractivity contribution in [3.8, 4) is 11.1 Å². The summed E-state index contributed by atoms with van der Waals surface area (Å²) in [7, 11) is 0. The first-order valence-corrected chi connectivity index (χ1v) is 20.2. The number of hydrogen-bond donors (Lipinski definition) is 0. The molecule has 0 unspecified atom stereocenters. The summed E-state index contributed by atoms with van der Waals surface area (Å²) in [5, 5.41) is 1.58. The van der Waals surface area contributed by atoms with Gasteiger partial charge in [-0.15, -0.1) is 24.8 Å². The number of hydrogen-bond acceptors (Lipinski definition) is 0. The van der Waals surface area contributed by atoms with E-state index in [-0.39, 0.29) is 35.6 Å². The third-order valence-electron chi connectivity index (χ3n) is 9.13. The molecule has 6 rings (SSSR count). The van der Waals surface area contributed by atoms with Crippen molar-refractivity contribution < 1.29 is 21.3 Å². The van der Waals surface area contributed by atoms with Gasteiger partial charge in [-0.2, -0.15) is 0 Å². The number of allylic oxidation sites excluding steroid dienone is 4. The Morgan fingerprint density at radius 2 is 1.22 bits per heavy atom. The van der Waals surface area contributed by atoms with Gasteiger partial charge in [0.25, 0.3) is 0 Å². The second-order valence-electron chi connectivity index (χ2n) is 14.5. The number of halogens is 4. The van der Waals surface area contributed by atoms with Crippen molar-refractivity contribution in [1.82, 2.24) is 0 Å². The first kappa shape index (κ1) is 37.1. The topological polar surface area (TPSA) is 0 Å². The Bertz CT molecular complexity index is 1760. The first-order chi connectivity index (χ1) is 20.9. The zero-order chi connectivity index (χ0) is 31.2. The monoisotopic (exact) mass is 766 g/mol. The Hall–Kier alpha value is -1.73. The van der Waals surface area contributed by atoms with Gasteiger partial charge >= 0.3 is 284 Å². The average Bonchev–Trinajstić information content (AvgIpc) is 3.63. The van der Waals surface area contributed by atoms with Gasteiger partial charge in [-0.25, -0.2) is 0 Å². The molecule has 0 saturated heterocycles. The van der Waals surface area contributed by atoms with Crippen molar-refractivity contribution in [2.75, 3.05) is 0 Å². The van der Waals surface area contributed by atoms with Crippen LogP contribution in [-0.2, 0) is 51.4 Å². The van der Waals surface area contributed by atoms with Crippen LogP contribution in [0.1, 0.15) is 81.3 Å². The number of benzene rings is 4. The van der Waals surface area contributed by atoms with Crippen molar-refractivity contribution in [1.29, 1.82) is 0 Å². The molecule has 5 heteroatoms. The van der Waals surface area contributed by atoms with E-state index in [9.17, 15) is 0 Å². The van der Waals surface area contributed by atoms with E-state index in [0.29, 0.717) is 0 Å². The molecule has 0 bridgehead atoms. The molecule has 0 radical (unpaired) electrons. The summed E-state index contributed by atoms with van der Waals surface area (Å²) in [6.07, 6.45) is 11.1. The SMILES string of the molecule is CC(C)(C)c1ccc2c(c1)-c1cc(C(C)(C)C)c[c]([Zr]([C]3=CC=CC3)=[C](Cc3ccc(Cl)cc3)Cc3ccc(Cl)cc3)c1C2.Cl.Cl. The summed E-state index contributed by atoms with van der Waals surface area (Å²) in [5.74, 6) is 0. The van der Waals surface area contributed by atoms with Crippen LogP contribution in [0.25, 0.3) is 11.1 Å². The fourth-order valence-electron chi connectivity index (χ4n) is 6.56. The van der Waals surface area contributed by atoms with Gasteiger partial charge in [0.1, 0.15) is 0 Å². The van der Waals surface area contributed by atoms with E-state index in [0.717, 1.165) is 35.7 Å². The molecule has 0 spiro atoms. The van der Waals surface area contributed by atoms with Gasteiger partial charge < -0.3 is 0 Å². The molecule has 0 aromatic heterocycles. The van der Waals surface area contributed by atoms with Crippen LogP contribution in [0.15, 0.2) is 100 Å². The maximum atomic E-state index is 6.34. The molecule has 0 atom stereocenters. The second kappa shape index (κ2) is 14.8. The molecule has 0 saturated carbocycles. The Kier molecular flexibility index (Phi) is 11.9. The molecule has 0 N–H and O–H groups in total. The Morgan fingerprint density at radius 1 is 0.674 bits per heavy atom. The third-order valence-corrected chi connectivity index (χ3v) is 17.1. The van der Waals surface area contributed by atoms with Crippen LogP contribution in [0.5, 0.6) is 0 Å². The zero-order valence-corrected chi connectivity index (χ0v) is 33.2. The van der Waals surface area contributed by atoms with Gasteiger partial charge in [-0.1, -0.05) is 0 Å². The van der Waals surface area contributed by atoms with E-state index in [1.165, 1.54) is 38.9 Å². The van der Waals surface area contributed by atoms with Gasteiger partial charge in [0.2, 0.25) is 0 Å². The van der Waals surface area contributed by atoms with Crippen molar-refractivity contribution >= 4 is 54.5 Å². The summed E-state index contributed by atoms with van der Waals surface area (Å²) in [5.41, 5.74) is 11.7. The summed E-state index contributed by atoms with van der Waals surface area (Å²) in [4.78, 5) is 0. The van der Waals surface area contributed by atoms with Gasteiger partial charge in [0.15, 0.2) is 0 Å². The van der Waals surface area contributed by atoms with Gasteiger partial charge in [0, 0.05) is 0 Å². The molecule has 0 fully saturated rings. The molecule has 0 nitrogen and oxygen atoms in total. The maximum absolute atomic E-state index is 6.34. The Morgan fingerprint density at radius 3 is 1.72 bits per heavy atom. The minimum Gasteiger partial charge on any atom is -0.147 e. The van der Waals surface area contributed by atoms with Gasteiger partial charge in [-0.3, -0.25) is 0 Å². The van der Waals surface area contributed by atoms with Crippen LogP contribution < -0.4 is 3.27 Å². The predicted octanol–water partition coefficient (Wildman–Crippen LogP) is 11.7. The molecule has 46 heavy (non-hydrogen) atoms. The van der Waals surface area contributed by atoms with Crippen LogP contribution >= 0.6 is 48.0 Å². The van der Waals surface area contributed by atoms with E-state index in [1.807, 2.05) is 24.3 Å². The number of rotatable bonds is 6. The standard InChI is InChI=1S/C21H25.C15H12Cl2.C5H5.2ClH.Zr/c1-20(2,3)16-9-7-14-11-15-8-10-17(21(4,5)6)13-19(15)18(14)12-16;16-14-8-4-12(5-9-14)2-1-3-13-6-10-15(17)11-7-13;1-2-4-5-3-1;;;/h7,9-10,12-13H,11H2,1-6H3;4-11H,2-3H2;1-3H,4H2;2*1H;. The fourth-order valence-corrected chi connectivity index (χ4v) is 15.0. The molecule has 2 aliphatic carbocycles. The van der Waals surface area contributed by atoms with Crippen molar-refractivity contribution in [3.63, 3.8) is 0 Å². The summed E-state index contributed by atoms with van der Waals surface area (Å²) >= 11 is 10.0. The molecule has 4 aromatic carbocycles. The smallest absolute Gasteiger partial charge is 0.147 e. The van der Waals surface area contributed by atoms with Gasteiger partial charge in [0.05, 0.1) is 0 Å². The molecule has 0 amide bonds. The van der Waals surface area contributed by atoms with E-state index >= 15 is 0 Å². The van der Waals surface area contributed by atoms with Crippen LogP contribution in [0.3, 0.4) is 0 Å². The summed E-state index contributed by atoms with van der Waals surface area (Å²) < 4.78 is 5.03. The van der Waals surface area contributed by atoms with E-state index in [1.54, 1.807) is 15.3 Å². The predicted molar refractivity (Wildman–Crippen MR) is 203 cm³/mol. The van der Waals surface area contributed by atoms with Gasteiger partial charge in [-0.05, 0) is 0 Å². The third kappa shape index (κ3) is 8.10. The molecular formula is C41H44Cl4Zr. The summed E-state index contributed by atoms with van der Waals surface area (Å²) in [6, 6.07) is 29.4. The Balaban J connectivity index is 0.00000240. The quantitative estimate of drug-likeness (QED) is 0.161. The minimum absolute atomic E-state index is 0. The Labute approximate surface area is 306 Å². The molecule has 2 aliphatic rings. The van der Waals surface area contributed by atoms with Crippen LogP contribution in [0.2, 0.25) is 10.0 Å². The fraction of sp³-hybridized carbons (Fsp3) is 0.293. The minimum atomic E-state index is -2.63. The maximum Gasteiger partial charge on any atom is -0.147 e. The molecule has 240 valence electrons. The molecule has 0 heterocycles. The van der Waals surface area contributed by atoms with E-state index in [2.05, 4.69) is 114 Å². The summed E-state index contributed by atoms with van der Waals surface area (Å²) in [6.45, 7) is 14.1. The van der Waals surface area contributed by atoms with Crippen LogP contribution in [0, 0.1) is 0 Å².